The third-order valence-electron chi connectivity index (χ3n) is 3.51. The fourth-order valence-electron chi connectivity index (χ4n) is 2.31. The summed E-state index contributed by atoms with van der Waals surface area (Å²) in [7, 11) is 0. The van der Waals surface area contributed by atoms with E-state index in [2.05, 4.69) is 49.5 Å². The van der Waals surface area contributed by atoms with Crippen molar-refractivity contribution < 1.29 is 0 Å². The predicted octanol–water partition coefficient (Wildman–Crippen LogP) is 6.32. The van der Waals surface area contributed by atoms with Gasteiger partial charge in [0, 0.05) is 5.69 Å². The molecule has 0 fully saturated rings. The highest BCUT2D eigenvalue weighted by molar-refractivity contribution is 7.99. The van der Waals surface area contributed by atoms with Gasteiger partial charge in [-0.05, 0) is 31.2 Å². The zero-order valence-electron chi connectivity index (χ0n) is 13.2. The van der Waals surface area contributed by atoms with Gasteiger partial charge in [0.25, 0.3) is 0 Å². The molecule has 0 amide bonds. The Labute approximate surface area is 129 Å². The van der Waals surface area contributed by atoms with Crippen LogP contribution in [0.5, 0.6) is 0 Å². The van der Waals surface area contributed by atoms with Crippen molar-refractivity contribution in [3.63, 3.8) is 0 Å². The summed E-state index contributed by atoms with van der Waals surface area (Å²) in [4.78, 5) is 0. The van der Waals surface area contributed by atoms with Crippen molar-refractivity contribution >= 4 is 17.4 Å². The summed E-state index contributed by atoms with van der Waals surface area (Å²) in [6.45, 7) is 4.53. The number of benzene rings is 1. The Bertz CT molecular complexity index is 312. The largest absolute Gasteiger partial charge is 0.374 e. The first kappa shape index (κ1) is 17.4. The average Bonchev–Trinajstić information content (AvgIpc) is 2.46. The maximum Gasteiger partial charge on any atom is 0.0694 e. The average molecular weight is 294 g/mol. The van der Waals surface area contributed by atoms with Crippen LogP contribution in [0.15, 0.2) is 30.3 Å². The molecule has 2 heteroatoms. The van der Waals surface area contributed by atoms with E-state index < -0.39 is 0 Å². The van der Waals surface area contributed by atoms with Gasteiger partial charge in [0.1, 0.15) is 0 Å². The van der Waals surface area contributed by atoms with Crippen LogP contribution in [0.2, 0.25) is 0 Å². The number of hydrogen-bond acceptors (Lipinski definition) is 2. The lowest BCUT2D eigenvalue weighted by Gasteiger charge is -2.14. The first-order valence-electron chi connectivity index (χ1n) is 8.26. The second-order valence-electron chi connectivity index (χ2n) is 5.50. The molecule has 0 aliphatic carbocycles. The van der Waals surface area contributed by atoms with E-state index in [0.29, 0.717) is 5.37 Å². The molecule has 1 aromatic rings. The van der Waals surface area contributed by atoms with Gasteiger partial charge in [0.2, 0.25) is 0 Å². The van der Waals surface area contributed by atoms with Crippen LogP contribution in [-0.2, 0) is 0 Å². The van der Waals surface area contributed by atoms with Gasteiger partial charge in [-0.15, -0.1) is 11.8 Å². The molecule has 0 radical (unpaired) electrons. The molecular weight excluding hydrogens is 262 g/mol. The smallest absolute Gasteiger partial charge is 0.0694 e. The maximum atomic E-state index is 3.53. The number of unbranched alkanes of at least 4 members (excludes halogenated alkanes) is 7. The number of nitrogens with one attached hydrogen (secondary N) is 1. The molecule has 0 bridgehead atoms. The van der Waals surface area contributed by atoms with Crippen LogP contribution < -0.4 is 5.32 Å². The highest BCUT2D eigenvalue weighted by atomic mass is 32.2. The molecule has 0 aromatic heterocycles. The number of hydrogen-bond donors (Lipinski definition) is 1. The summed E-state index contributed by atoms with van der Waals surface area (Å²) in [5, 5.41) is 4.03. The van der Waals surface area contributed by atoms with Gasteiger partial charge in [-0.1, -0.05) is 70.1 Å². The Morgan fingerprint density at radius 3 is 2.15 bits per heavy atom. The molecule has 1 aromatic carbocycles. The topological polar surface area (TPSA) is 12.0 Å². The Morgan fingerprint density at radius 2 is 1.50 bits per heavy atom. The quantitative estimate of drug-likeness (QED) is 0.357. The first-order chi connectivity index (χ1) is 9.83. The van der Waals surface area contributed by atoms with Gasteiger partial charge in [-0.3, -0.25) is 0 Å². The van der Waals surface area contributed by atoms with Gasteiger partial charge < -0.3 is 5.32 Å². The highest BCUT2D eigenvalue weighted by Crippen LogP contribution is 2.17. The third kappa shape index (κ3) is 9.30. The molecule has 0 heterocycles. The normalized spacial score (nSPS) is 12.3. The molecule has 1 rings (SSSR count). The number of anilines is 1. The molecule has 0 saturated carbocycles. The van der Waals surface area contributed by atoms with Crippen molar-refractivity contribution in [2.75, 3.05) is 11.1 Å². The molecule has 1 N–H and O–H groups in total. The second kappa shape index (κ2) is 12.1. The lowest BCUT2D eigenvalue weighted by atomic mass is 10.1. The van der Waals surface area contributed by atoms with Crippen LogP contribution in [0.1, 0.15) is 65.2 Å². The van der Waals surface area contributed by atoms with Gasteiger partial charge in [0.05, 0.1) is 5.37 Å². The van der Waals surface area contributed by atoms with Crippen molar-refractivity contribution in [3.8, 4) is 0 Å². The van der Waals surface area contributed by atoms with Crippen LogP contribution in [0.25, 0.3) is 0 Å². The van der Waals surface area contributed by atoms with E-state index in [-0.39, 0.29) is 0 Å². The standard InChI is InChI=1S/C18H31NS/c1-3-4-5-6-7-8-9-13-16-20-17(2)19-18-14-11-10-12-15-18/h10-12,14-15,17,19H,3-9,13,16H2,1-2H3. The zero-order valence-corrected chi connectivity index (χ0v) is 14.1. The molecule has 1 unspecified atom stereocenters. The Balaban J connectivity index is 1.91. The molecule has 0 aliphatic rings. The molecule has 0 saturated heterocycles. The number of rotatable bonds is 12. The lowest BCUT2D eigenvalue weighted by Crippen LogP contribution is -2.11. The van der Waals surface area contributed by atoms with Gasteiger partial charge >= 0.3 is 0 Å². The summed E-state index contributed by atoms with van der Waals surface area (Å²) >= 11 is 2.03. The van der Waals surface area contributed by atoms with Crippen molar-refractivity contribution in [3.05, 3.63) is 30.3 Å². The number of thioether (sulfide) groups is 1. The van der Waals surface area contributed by atoms with E-state index in [9.17, 15) is 0 Å². The summed E-state index contributed by atoms with van der Waals surface area (Å²) in [5.74, 6) is 1.27. The van der Waals surface area contributed by atoms with Gasteiger partial charge in [-0.25, -0.2) is 0 Å². The van der Waals surface area contributed by atoms with Crippen LogP contribution in [-0.4, -0.2) is 11.1 Å². The van der Waals surface area contributed by atoms with E-state index in [1.165, 1.54) is 62.8 Å². The maximum absolute atomic E-state index is 3.53. The van der Waals surface area contributed by atoms with Crippen LogP contribution in [0.4, 0.5) is 5.69 Å². The van der Waals surface area contributed by atoms with Crippen LogP contribution in [0, 0.1) is 0 Å². The van der Waals surface area contributed by atoms with E-state index in [0.717, 1.165) is 0 Å². The summed E-state index contributed by atoms with van der Waals surface area (Å²) in [5.41, 5.74) is 1.23. The van der Waals surface area contributed by atoms with Crippen molar-refractivity contribution in [2.24, 2.45) is 0 Å². The lowest BCUT2D eigenvalue weighted by molar-refractivity contribution is 0.586. The minimum Gasteiger partial charge on any atom is -0.374 e. The monoisotopic (exact) mass is 293 g/mol. The number of para-hydroxylation sites is 1. The fourth-order valence-corrected chi connectivity index (χ4v) is 3.25. The van der Waals surface area contributed by atoms with Crippen molar-refractivity contribution in [1.82, 2.24) is 0 Å². The Kier molecular flexibility index (Phi) is 10.6. The van der Waals surface area contributed by atoms with E-state index in [1.54, 1.807) is 0 Å². The molecule has 1 atom stereocenters. The Hall–Kier alpha value is -0.630. The predicted molar refractivity (Wildman–Crippen MR) is 94.6 cm³/mol. The minimum atomic E-state index is 0.502. The molecule has 0 spiro atoms. The second-order valence-corrected chi connectivity index (χ2v) is 6.95. The van der Waals surface area contributed by atoms with Crippen LogP contribution >= 0.6 is 11.8 Å². The van der Waals surface area contributed by atoms with E-state index >= 15 is 0 Å². The third-order valence-corrected chi connectivity index (χ3v) is 4.65. The molecule has 0 aliphatic heterocycles. The summed E-state index contributed by atoms with van der Waals surface area (Å²) in [6, 6.07) is 10.5. The van der Waals surface area contributed by atoms with Gasteiger partial charge in [-0.2, -0.15) is 0 Å². The van der Waals surface area contributed by atoms with Gasteiger partial charge in [0.15, 0.2) is 0 Å². The first-order valence-corrected chi connectivity index (χ1v) is 9.31. The Morgan fingerprint density at radius 1 is 0.900 bits per heavy atom. The molecule has 114 valence electrons. The molecule has 20 heavy (non-hydrogen) atoms. The fraction of sp³-hybridized carbons (Fsp3) is 0.667. The zero-order chi connectivity index (χ0) is 14.5. The van der Waals surface area contributed by atoms with E-state index in [1.807, 2.05) is 11.8 Å². The molecule has 1 nitrogen and oxygen atoms in total. The summed E-state index contributed by atoms with van der Waals surface area (Å²) in [6.07, 6.45) is 11.3. The van der Waals surface area contributed by atoms with Crippen molar-refractivity contribution in [1.29, 1.82) is 0 Å². The highest BCUT2D eigenvalue weighted by Gasteiger charge is 2.01. The SMILES string of the molecule is CCCCCCCCCCSC(C)Nc1ccccc1. The van der Waals surface area contributed by atoms with Crippen molar-refractivity contribution in [2.45, 2.75) is 70.6 Å². The van der Waals surface area contributed by atoms with Crippen LogP contribution in [0.3, 0.4) is 0 Å². The summed E-state index contributed by atoms with van der Waals surface area (Å²) < 4.78 is 0. The molecular formula is C18H31NS. The minimum absolute atomic E-state index is 0.502. The van der Waals surface area contributed by atoms with E-state index in [4.69, 9.17) is 0 Å².